The van der Waals surface area contributed by atoms with Crippen molar-refractivity contribution in [3.8, 4) is 5.75 Å². The zero-order chi connectivity index (χ0) is 13.0. The lowest BCUT2D eigenvalue weighted by molar-refractivity contribution is 0.410. The predicted molar refractivity (Wildman–Crippen MR) is 71.7 cm³/mol. The minimum absolute atomic E-state index is 0.328. The lowest BCUT2D eigenvalue weighted by Gasteiger charge is -2.12. The number of hydrogen-bond donors (Lipinski definition) is 0. The second-order valence-corrected chi connectivity index (χ2v) is 4.57. The molecular weight excluding hydrogens is 251 g/mol. The van der Waals surface area contributed by atoms with Crippen LogP contribution in [0, 0.1) is 5.82 Å². The highest BCUT2D eigenvalue weighted by molar-refractivity contribution is 6.20. The minimum atomic E-state index is -0.377. The molecule has 0 bridgehead atoms. The molecule has 2 rings (SSSR count). The van der Waals surface area contributed by atoms with Crippen molar-refractivity contribution in [3.63, 3.8) is 0 Å². The highest BCUT2D eigenvalue weighted by Gasteiger charge is 2.14. The van der Waals surface area contributed by atoms with Gasteiger partial charge >= 0.3 is 0 Å². The molecule has 0 radical (unpaired) electrons. The summed E-state index contributed by atoms with van der Waals surface area (Å²) in [4.78, 5) is 0. The predicted octanol–water partition coefficient (Wildman–Crippen LogP) is 4.36. The second-order valence-electron chi connectivity index (χ2n) is 4.04. The Kier molecular flexibility index (Phi) is 4.21. The summed E-state index contributed by atoms with van der Waals surface area (Å²) < 4.78 is 18.8. The van der Waals surface area contributed by atoms with E-state index in [0.717, 1.165) is 5.56 Å². The van der Waals surface area contributed by atoms with Crippen molar-refractivity contribution < 1.29 is 9.13 Å². The molecule has 0 aliphatic rings. The molecule has 0 aliphatic heterocycles. The van der Waals surface area contributed by atoms with Gasteiger partial charge < -0.3 is 4.74 Å². The zero-order valence-corrected chi connectivity index (χ0v) is 10.8. The third-order valence-electron chi connectivity index (χ3n) is 2.80. The lowest BCUT2D eigenvalue weighted by atomic mass is 10.0. The molecular formula is C15H14ClFO. The summed E-state index contributed by atoms with van der Waals surface area (Å²) in [7, 11) is 1.51. The van der Waals surface area contributed by atoms with Crippen molar-refractivity contribution in [1.29, 1.82) is 0 Å². The fourth-order valence-corrected chi connectivity index (χ4v) is 2.17. The van der Waals surface area contributed by atoms with Gasteiger partial charge in [-0.1, -0.05) is 36.4 Å². The van der Waals surface area contributed by atoms with E-state index in [4.69, 9.17) is 16.3 Å². The first-order valence-corrected chi connectivity index (χ1v) is 6.16. The van der Waals surface area contributed by atoms with Crippen molar-refractivity contribution in [1.82, 2.24) is 0 Å². The van der Waals surface area contributed by atoms with E-state index in [9.17, 15) is 4.39 Å². The largest absolute Gasteiger partial charge is 0.497 e. The topological polar surface area (TPSA) is 9.23 Å². The molecule has 0 fully saturated rings. The third-order valence-corrected chi connectivity index (χ3v) is 3.19. The van der Waals surface area contributed by atoms with E-state index in [-0.39, 0.29) is 11.2 Å². The average Bonchev–Trinajstić information content (AvgIpc) is 2.39. The number of ether oxygens (including phenoxy) is 1. The van der Waals surface area contributed by atoms with Crippen LogP contribution in [-0.4, -0.2) is 7.11 Å². The lowest BCUT2D eigenvalue weighted by Crippen LogP contribution is -1.99. The molecule has 18 heavy (non-hydrogen) atoms. The molecule has 0 aromatic heterocycles. The van der Waals surface area contributed by atoms with Crippen LogP contribution in [-0.2, 0) is 6.42 Å². The number of halogens is 2. The molecule has 0 saturated heterocycles. The Hall–Kier alpha value is -1.54. The first kappa shape index (κ1) is 12.9. The van der Waals surface area contributed by atoms with Gasteiger partial charge in [-0.15, -0.1) is 11.6 Å². The van der Waals surface area contributed by atoms with Crippen LogP contribution in [0.3, 0.4) is 0 Å². The normalized spacial score (nSPS) is 12.2. The minimum Gasteiger partial charge on any atom is -0.497 e. The Morgan fingerprint density at radius 2 is 1.89 bits per heavy atom. The SMILES string of the molecule is COc1ccc(C(Cl)Cc2ccccc2)c(F)c1. The quantitative estimate of drug-likeness (QED) is 0.746. The molecule has 1 nitrogen and oxygen atoms in total. The first-order valence-electron chi connectivity index (χ1n) is 5.72. The Bertz CT molecular complexity index is 513. The standard InChI is InChI=1S/C15H14ClFO/c1-18-12-7-8-13(15(17)10-12)14(16)9-11-5-3-2-4-6-11/h2-8,10,14H,9H2,1H3. The van der Waals surface area contributed by atoms with E-state index in [1.54, 1.807) is 12.1 Å². The molecule has 0 saturated carbocycles. The Morgan fingerprint density at radius 3 is 2.50 bits per heavy atom. The summed E-state index contributed by atoms with van der Waals surface area (Å²) in [6.45, 7) is 0. The van der Waals surface area contributed by atoms with Gasteiger partial charge in [0.05, 0.1) is 12.5 Å². The van der Waals surface area contributed by atoms with Gasteiger partial charge in [0.25, 0.3) is 0 Å². The molecule has 2 aromatic carbocycles. The monoisotopic (exact) mass is 264 g/mol. The fourth-order valence-electron chi connectivity index (χ4n) is 1.82. The van der Waals surface area contributed by atoms with Crippen molar-refractivity contribution in [2.75, 3.05) is 7.11 Å². The van der Waals surface area contributed by atoms with Crippen LogP contribution in [0.2, 0.25) is 0 Å². The fraction of sp³-hybridized carbons (Fsp3) is 0.200. The van der Waals surface area contributed by atoms with Crippen LogP contribution in [0.1, 0.15) is 16.5 Å². The van der Waals surface area contributed by atoms with Crippen molar-refractivity contribution in [3.05, 3.63) is 65.5 Å². The Morgan fingerprint density at radius 1 is 1.17 bits per heavy atom. The smallest absolute Gasteiger partial charge is 0.131 e. The van der Waals surface area contributed by atoms with E-state index in [2.05, 4.69) is 0 Å². The number of benzene rings is 2. The highest BCUT2D eigenvalue weighted by Crippen LogP contribution is 2.29. The van der Waals surface area contributed by atoms with Crippen LogP contribution in [0.15, 0.2) is 48.5 Å². The number of hydrogen-bond acceptors (Lipinski definition) is 1. The first-order chi connectivity index (χ1) is 8.70. The van der Waals surface area contributed by atoms with Gasteiger partial charge in [-0.3, -0.25) is 0 Å². The summed E-state index contributed by atoms with van der Waals surface area (Å²) >= 11 is 6.26. The van der Waals surface area contributed by atoms with E-state index >= 15 is 0 Å². The van der Waals surface area contributed by atoms with E-state index < -0.39 is 0 Å². The van der Waals surface area contributed by atoms with Gasteiger partial charge in [-0.25, -0.2) is 4.39 Å². The number of rotatable bonds is 4. The Labute approximate surface area is 111 Å². The van der Waals surface area contributed by atoms with E-state index in [1.807, 2.05) is 30.3 Å². The van der Waals surface area contributed by atoms with Crippen LogP contribution in [0.25, 0.3) is 0 Å². The number of methoxy groups -OCH3 is 1. The number of alkyl halides is 1. The van der Waals surface area contributed by atoms with Gasteiger partial charge in [0.1, 0.15) is 11.6 Å². The molecule has 0 N–H and O–H groups in total. The molecule has 0 amide bonds. The summed E-state index contributed by atoms with van der Waals surface area (Å²) in [5.74, 6) is 0.171. The maximum Gasteiger partial charge on any atom is 0.131 e. The molecule has 1 unspecified atom stereocenters. The summed E-state index contributed by atoms with van der Waals surface area (Å²) in [5.41, 5.74) is 1.59. The molecule has 0 heterocycles. The molecule has 94 valence electrons. The van der Waals surface area contributed by atoms with E-state index in [0.29, 0.717) is 17.7 Å². The average molecular weight is 265 g/mol. The third kappa shape index (κ3) is 3.02. The van der Waals surface area contributed by atoms with E-state index in [1.165, 1.54) is 13.2 Å². The maximum atomic E-state index is 13.8. The van der Waals surface area contributed by atoms with Gasteiger partial charge in [-0.05, 0) is 18.1 Å². The molecule has 0 aliphatic carbocycles. The summed E-state index contributed by atoms with van der Waals surface area (Å²) in [5, 5.41) is -0.377. The summed E-state index contributed by atoms with van der Waals surface area (Å²) in [6, 6.07) is 14.6. The Balaban J connectivity index is 2.16. The van der Waals surface area contributed by atoms with Gasteiger partial charge in [0.15, 0.2) is 0 Å². The molecule has 3 heteroatoms. The van der Waals surface area contributed by atoms with Crippen molar-refractivity contribution >= 4 is 11.6 Å². The molecule has 0 spiro atoms. The van der Waals surface area contributed by atoms with Gasteiger partial charge in [0.2, 0.25) is 0 Å². The van der Waals surface area contributed by atoms with Crippen molar-refractivity contribution in [2.45, 2.75) is 11.8 Å². The maximum absolute atomic E-state index is 13.8. The molecule has 2 aromatic rings. The zero-order valence-electron chi connectivity index (χ0n) is 10.1. The van der Waals surface area contributed by atoms with Crippen LogP contribution in [0.4, 0.5) is 4.39 Å². The highest BCUT2D eigenvalue weighted by atomic mass is 35.5. The van der Waals surface area contributed by atoms with Crippen molar-refractivity contribution in [2.24, 2.45) is 0 Å². The molecule has 1 atom stereocenters. The second kappa shape index (κ2) is 5.87. The van der Waals surface area contributed by atoms with Gasteiger partial charge in [0, 0.05) is 11.6 Å². The van der Waals surface area contributed by atoms with Crippen LogP contribution < -0.4 is 4.74 Å². The van der Waals surface area contributed by atoms with Gasteiger partial charge in [-0.2, -0.15) is 0 Å². The summed E-state index contributed by atoms with van der Waals surface area (Å²) in [6.07, 6.45) is 0.603. The van der Waals surface area contributed by atoms with Crippen LogP contribution >= 0.6 is 11.6 Å². The van der Waals surface area contributed by atoms with Crippen LogP contribution in [0.5, 0.6) is 5.75 Å².